The van der Waals surface area contributed by atoms with Gasteiger partial charge in [0.15, 0.2) is 0 Å². The summed E-state index contributed by atoms with van der Waals surface area (Å²) in [5, 5.41) is 25.0. The van der Waals surface area contributed by atoms with Crippen molar-refractivity contribution in [2.45, 2.75) is 77.2 Å². The van der Waals surface area contributed by atoms with Gasteiger partial charge in [-0.1, -0.05) is 166 Å². The number of hydrogen-bond donors (Lipinski definition) is 2. The van der Waals surface area contributed by atoms with E-state index in [0.717, 1.165) is 12.0 Å². The summed E-state index contributed by atoms with van der Waals surface area (Å²) in [6.07, 6.45) is -0.606. The summed E-state index contributed by atoms with van der Waals surface area (Å²) in [7, 11) is 0. The molecular weight excluding hydrogens is 576 g/mol. The van der Waals surface area contributed by atoms with Crippen molar-refractivity contribution in [1.29, 1.82) is 0 Å². The average Bonchev–Trinajstić information content (AvgIpc) is 3.11. The summed E-state index contributed by atoms with van der Waals surface area (Å²) in [4.78, 5) is 4.73. The summed E-state index contributed by atoms with van der Waals surface area (Å²) >= 11 is 0. The normalized spacial score (nSPS) is 14.3. The number of rotatable bonds is 17. The lowest BCUT2D eigenvalue weighted by Gasteiger charge is -2.42. The van der Waals surface area contributed by atoms with E-state index < -0.39 is 12.2 Å². The molecule has 5 rings (SSSR count). The molecule has 0 spiro atoms. The fourth-order valence-corrected chi connectivity index (χ4v) is 6.62. The van der Waals surface area contributed by atoms with Crippen LogP contribution in [-0.2, 0) is 32.6 Å². The summed E-state index contributed by atoms with van der Waals surface area (Å²) in [5.74, 6) is 0.327. The Morgan fingerprint density at radius 1 is 0.404 bits per heavy atom. The second-order valence-electron chi connectivity index (χ2n) is 13.2. The molecule has 2 N–H and O–H groups in total. The van der Waals surface area contributed by atoms with Gasteiger partial charge in [0.2, 0.25) is 0 Å². The zero-order valence-corrected chi connectivity index (χ0v) is 27.9. The third-order valence-corrected chi connectivity index (χ3v) is 8.99. The van der Waals surface area contributed by atoms with E-state index in [9.17, 15) is 10.2 Å². The first kappa shape index (κ1) is 34.3. The van der Waals surface area contributed by atoms with Crippen LogP contribution in [-0.4, -0.2) is 44.3 Å². The quantitative estimate of drug-likeness (QED) is 0.109. The number of aliphatic hydroxyl groups is 2. The van der Waals surface area contributed by atoms with Crippen LogP contribution < -0.4 is 0 Å². The molecule has 5 aromatic rings. The highest BCUT2D eigenvalue weighted by Crippen LogP contribution is 2.27. The molecule has 0 heterocycles. The Labute approximate surface area is 282 Å². The molecule has 0 aliphatic carbocycles. The van der Waals surface area contributed by atoms with E-state index in [4.69, 9.17) is 0 Å². The van der Waals surface area contributed by atoms with Crippen LogP contribution in [0.15, 0.2) is 152 Å². The zero-order chi connectivity index (χ0) is 32.8. The Morgan fingerprint density at radius 3 is 1.00 bits per heavy atom. The Morgan fingerprint density at radius 2 is 0.681 bits per heavy atom. The molecule has 0 amide bonds. The van der Waals surface area contributed by atoms with Crippen molar-refractivity contribution in [1.82, 2.24) is 9.80 Å². The van der Waals surface area contributed by atoms with Gasteiger partial charge in [0.25, 0.3) is 0 Å². The first-order valence-electron chi connectivity index (χ1n) is 17.0. The predicted octanol–water partition coefficient (Wildman–Crippen LogP) is 8.14. The van der Waals surface area contributed by atoms with Crippen LogP contribution in [0.25, 0.3) is 0 Å². The van der Waals surface area contributed by atoms with Gasteiger partial charge in [0.1, 0.15) is 0 Å². The second-order valence-corrected chi connectivity index (χ2v) is 13.2. The van der Waals surface area contributed by atoms with Crippen LogP contribution in [0.2, 0.25) is 0 Å². The molecule has 0 saturated heterocycles. The molecule has 5 aromatic carbocycles. The van der Waals surface area contributed by atoms with Crippen molar-refractivity contribution in [2.75, 3.05) is 0 Å². The van der Waals surface area contributed by atoms with E-state index in [0.29, 0.717) is 38.5 Å². The van der Waals surface area contributed by atoms with Gasteiger partial charge in [-0.05, 0) is 46.6 Å². The fraction of sp³-hybridized carbons (Fsp3) is 0.302. The van der Waals surface area contributed by atoms with Gasteiger partial charge < -0.3 is 10.2 Å². The summed E-state index contributed by atoms with van der Waals surface area (Å²) in [6.45, 7) is 7.07. The van der Waals surface area contributed by atoms with Gasteiger partial charge in [-0.3, -0.25) is 9.80 Å². The third-order valence-electron chi connectivity index (χ3n) is 8.99. The highest BCUT2D eigenvalue weighted by Gasteiger charge is 2.38. The third kappa shape index (κ3) is 10.5. The Hall–Kier alpha value is -4.06. The Kier molecular flexibility index (Phi) is 12.9. The standard InChI is InChI=1S/C43H50N2O2/c1-34(2)28-40(44(30-36-20-10-4-11-21-36)31-37-22-12-5-13-23-37)42(46)43(47)41(29-35-18-8-3-9-19-35)45(32-38-24-14-6-15-25-38)33-39-26-16-7-17-27-39/h3-27,34,40-43,46-47H,28-33H2,1-2H3/t40-,41-,42+,43-/m0/s1. The molecule has 0 aliphatic rings. The number of hydrogen-bond acceptors (Lipinski definition) is 4. The van der Waals surface area contributed by atoms with Gasteiger partial charge in [0.05, 0.1) is 12.2 Å². The van der Waals surface area contributed by atoms with Gasteiger partial charge in [-0.2, -0.15) is 0 Å². The largest absolute Gasteiger partial charge is 0.389 e. The van der Waals surface area contributed by atoms with Crippen LogP contribution in [0.4, 0.5) is 0 Å². The van der Waals surface area contributed by atoms with E-state index in [1.165, 1.54) is 22.3 Å². The number of benzene rings is 5. The summed E-state index contributed by atoms with van der Waals surface area (Å²) in [6, 6.07) is 51.6. The van der Waals surface area contributed by atoms with Gasteiger partial charge in [0, 0.05) is 38.3 Å². The summed E-state index contributed by atoms with van der Waals surface area (Å²) < 4.78 is 0. The number of aliphatic hydroxyl groups excluding tert-OH is 2. The van der Waals surface area contributed by atoms with Crippen LogP contribution in [0, 0.1) is 5.92 Å². The molecule has 4 nitrogen and oxygen atoms in total. The topological polar surface area (TPSA) is 46.9 Å². The lowest BCUT2D eigenvalue weighted by atomic mass is 9.87. The SMILES string of the molecule is CC(C)C[C@@H]([C@@H](O)[C@@H](O)[C@H](Cc1ccccc1)N(Cc1ccccc1)Cc1ccccc1)N(Cc1ccccc1)Cc1ccccc1. The minimum absolute atomic E-state index is 0.265. The van der Waals surface area contributed by atoms with Crippen LogP contribution in [0.3, 0.4) is 0 Å². The maximum atomic E-state index is 12.5. The Bertz CT molecular complexity index is 1470. The predicted molar refractivity (Wildman–Crippen MR) is 193 cm³/mol. The highest BCUT2D eigenvalue weighted by atomic mass is 16.3. The van der Waals surface area contributed by atoms with Crippen molar-refractivity contribution < 1.29 is 10.2 Å². The van der Waals surface area contributed by atoms with Crippen LogP contribution in [0.5, 0.6) is 0 Å². The maximum Gasteiger partial charge on any atom is 0.0972 e. The molecule has 0 radical (unpaired) electrons. The molecule has 0 aliphatic heterocycles. The first-order valence-corrected chi connectivity index (χ1v) is 17.0. The zero-order valence-electron chi connectivity index (χ0n) is 27.9. The second kappa shape index (κ2) is 17.7. The maximum absolute atomic E-state index is 12.5. The van der Waals surface area contributed by atoms with Crippen molar-refractivity contribution in [3.8, 4) is 0 Å². The Balaban J connectivity index is 1.52. The van der Waals surface area contributed by atoms with E-state index in [1.54, 1.807) is 0 Å². The molecule has 0 saturated carbocycles. The van der Waals surface area contributed by atoms with Crippen LogP contribution in [0.1, 0.15) is 48.1 Å². The van der Waals surface area contributed by atoms with E-state index >= 15 is 0 Å². The molecule has 0 bridgehead atoms. The smallest absolute Gasteiger partial charge is 0.0972 e. The van der Waals surface area contributed by atoms with Crippen molar-refractivity contribution >= 4 is 0 Å². The van der Waals surface area contributed by atoms with Crippen molar-refractivity contribution in [3.05, 3.63) is 179 Å². The van der Waals surface area contributed by atoms with Crippen LogP contribution >= 0.6 is 0 Å². The first-order chi connectivity index (χ1) is 23.0. The van der Waals surface area contributed by atoms with Gasteiger partial charge in [-0.15, -0.1) is 0 Å². The van der Waals surface area contributed by atoms with E-state index in [2.05, 4.69) is 145 Å². The highest BCUT2D eigenvalue weighted by molar-refractivity contribution is 5.21. The molecule has 4 atom stereocenters. The molecule has 4 heteroatoms. The number of nitrogens with zero attached hydrogens (tertiary/aromatic N) is 2. The lowest BCUT2D eigenvalue weighted by molar-refractivity contribution is -0.0861. The van der Waals surface area contributed by atoms with E-state index in [1.807, 2.05) is 30.3 Å². The molecule has 0 fully saturated rings. The van der Waals surface area contributed by atoms with Gasteiger partial charge >= 0.3 is 0 Å². The van der Waals surface area contributed by atoms with Crippen molar-refractivity contribution in [3.63, 3.8) is 0 Å². The minimum Gasteiger partial charge on any atom is -0.389 e. The van der Waals surface area contributed by atoms with E-state index in [-0.39, 0.29) is 12.1 Å². The molecule has 0 aromatic heterocycles. The molecular formula is C43H50N2O2. The monoisotopic (exact) mass is 626 g/mol. The van der Waals surface area contributed by atoms with Gasteiger partial charge in [-0.25, -0.2) is 0 Å². The molecule has 0 unspecified atom stereocenters. The average molecular weight is 627 g/mol. The molecule has 244 valence electrons. The molecule has 47 heavy (non-hydrogen) atoms. The van der Waals surface area contributed by atoms with Crippen molar-refractivity contribution in [2.24, 2.45) is 5.92 Å². The summed E-state index contributed by atoms with van der Waals surface area (Å²) in [5.41, 5.74) is 5.87. The lowest BCUT2D eigenvalue weighted by Crippen LogP contribution is -2.56. The minimum atomic E-state index is -1.000. The fourth-order valence-electron chi connectivity index (χ4n) is 6.62.